The number of fused-ring (bicyclic) bond motifs is 3. The smallest absolute Gasteiger partial charge is 0.274 e. The number of pyridine rings is 1. The third-order valence-corrected chi connectivity index (χ3v) is 7.12. The molecule has 2 N–H and O–H groups in total. The van der Waals surface area contributed by atoms with E-state index < -0.39 is 17.6 Å². The van der Waals surface area contributed by atoms with E-state index in [1.807, 2.05) is 0 Å². The summed E-state index contributed by atoms with van der Waals surface area (Å²) in [6.45, 7) is 0.128. The lowest BCUT2D eigenvalue weighted by molar-refractivity contribution is -0.116. The fourth-order valence-electron chi connectivity index (χ4n) is 4.19. The summed E-state index contributed by atoms with van der Waals surface area (Å²) < 4.78 is 15.3. The molecule has 3 aromatic heterocycles. The van der Waals surface area contributed by atoms with Gasteiger partial charge in [-0.15, -0.1) is 11.3 Å². The van der Waals surface area contributed by atoms with Gasteiger partial charge in [-0.05, 0) is 61.6 Å². The number of aryl methyl sites for hydroxylation is 3. The summed E-state index contributed by atoms with van der Waals surface area (Å²) in [6.07, 6.45) is 6.97. The van der Waals surface area contributed by atoms with Crippen LogP contribution < -0.4 is 16.2 Å². The number of aromatic nitrogens is 3. The van der Waals surface area contributed by atoms with Gasteiger partial charge >= 0.3 is 0 Å². The summed E-state index contributed by atoms with van der Waals surface area (Å²) in [5, 5.41) is 5.94. The molecule has 0 saturated carbocycles. The van der Waals surface area contributed by atoms with Crippen LogP contribution in [0.4, 0.5) is 15.8 Å². The highest BCUT2D eigenvalue weighted by Crippen LogP contribution is 2.33. The molecule has 8 nitrogen and oxygen atoms in total. The van der Waals surface area contributed by atoms with Gasteiger partial charge in [-0.25, -0.2) is 9.37 Å². The Hall–Kier alpha value is -3.92. The zero-order valence-electron chi connectivity index (χ0n) is 18.7. The van der Waals surface area contributed by atoms with Crippen molar-refractivity contribution in [2.24, 2.45) is 0 Å². The Kier molecular flexibility index (Phi) is 6.37. The number of carbonyl (C=O) groups excluding carboxylic acids is 2. The molecule has 3 heterocycles. The van der Waals surface area contributed by atoms with Gasteiger partial charge in [-0.2, -0.15) is 0 Å². The Bertz CT molecular complexity index is 1480. The van der Waals surface area contributed by atoms with Gasteiger partial charge in [0.15, 0.2) is 0 Å². The summed E-state index contributed by atoms with van der Waals surface area (Å²) in [4.78, 5) is 48.6. The van der Waals surface area contributed by atoms with Crippen LogP contribution in [0.25, 0.3) is 10.2 Å². The predicted octanol–water partition coefficient (Wildman–Crippen LogP) is 4.15. The number of halogens is 1. The van der Waals surface area contributed by atoms with Gasteiger partial charge in [0, 0.05) is 24.0 Å². The lowest BCUT2D eigenvalue weighted by Gasteiger charge is -2.13. The van der Waals surface area contributed by atoms with E-state index in [1.54, 1.807) is 29.5 Å². The Labute approximate surface area is 203 Å². The van der Waals surface area contributed by atoms with E-state index in [0.717, 1.165) is 42.1 Å². The lowest BCUT2D eigenvalue weighted by Crippen LogP contribution is -2.24. The van der Waals surface area contributed by atoms with Crippen LogP contribution in [-0.4, -0.2) is 26.3 Å². The van der Waals surface area contributed by atoms with Gasteiger partial charge in [0.25, 0.3) is 11.5 Å². The second kappa shape index (κ2) is 9.75. The standard InChI is InChI=1S/C25H22FN5O3S/c26-15-8-9-17(30-23(33)18-6-3-4-11-27-18)19(13-15)29-21(32)10-12-31-14-28-24-22(25(31)34)16-5-1-2-7-20(16)35-24/h3-4,6,8-9,11,13-14H,1-2,5,7,10,12H2,(H,29,32)(H,30,33). The van der Waals surface area contributed by atoms with Gasteiger partial charge in [0.05, 0.1) is 23.1 Å². The van der Waals surface area contributed by atoms with E-state index >= 15 is 0 Å². The van der Waals surface area contributed by atoms with Crippen LogP contribution in [-0.2, 0) is 24.2 Å². The van der Waals surface area contributed by atoms with E-state index in [0.29, 0.717) is 5.39 Å². The molecule has 178 valence electrons. The molecule has 0 atom stereocenters. The Morgan fingerprint density at radius 3 is 2.74 bits per heavy atom. The second-order valence-electron chi connectivity index (χ2n) is 8.29. The van der Waals surface area contributed by atoms with Crippen molar-refractivity contribution in [2.75, 3.05) is 10.6 Å². The molecule has 5 rings (SSSR count). The zero-order valence-corrected chi connectivity index (χ0v) is 19.5. The van der Waals surface area contributed by atoms with Crippen LogP contribution in [0.3, 0.4) is 0 Å². The normalized spacial score (nSPS) is 12.8. The fraction of sp³-hybridized carbons (Fsp3) is 0.240. The Morgan fingerprint density at radius 1 is 1.06 bits per heavy atom. The number of anilines is 2. The number of thiophene rings is 1. The molecule has 1 aliphatic rings. The highest BCUT2D eigenvalue weighted by Gasteiger charge is 2.20. The minimum atomic E-state index is -0.566. The van der Waals surface area contributed by atoms with Crippen molar-refractivity contribution in [1.29, 1.82) is 0 Å². The summed E-state index contributed by atoms with van der Waals surface area (Å²) in [5.41, 5.74) is 1.50. The molecule has 0 bridgehead atoms. The van der Waals surface area contributed by atoms with Crippen LogP contribution in [0.15, 0.2) is 53.7 Å². The van der Waals surface area contributed by atoms with Gasteiger partial charge in [-0.1, -0.05) is 6.07 Å². The molecular formula is C25H22FN5O3S. The van der Waals surface area contributed by atoms with Crippen LogP contribution >= 0.6 is 11.3 Å². The number of amides is 2. The van der Waals surface area contributed by atoms with Crippen molar-refractivity contribution in [3.63, 3.8) is 0 Å². The van der Waals surface area contributed by atoms with Gasteiger partial charge in [0.1, 0.15) is 16.3 Å². The van der Waals surface area contributed by atoms with Crippen molar-refractivity contribution < 1.29 is 14.0 Å². The zero-order chi connectivity index (χ0) is 24.4. The molecule has 35 heavy (non-hydrogen) atoms. The first-order valence-electron chi connectivity index (χ1n) is 11.3. The molecular weight excluding hydrogens is 469 g/mol. The molecule has 0 spiro atoms. The van der Waals surface area contributed by atoms with Crippen molar-refractivity contribution >= 4 is 44.7 Å². The molecule has 0 saturated heterocycles. The van der Waals surface area contributed by atoms with Crippen molar-refractivity contribution in [2.45, 2.75) is 38.6 Å². The molecule has 0 aliphatic heterocycles. The average Bonchev–Trinajstić information content (AvgIpc) is 3.25. The van der Waals surface area contributed by atoms with Crippen LogP contribution in [0, 0.1) is 5.82 Å². The number of rotatable bonds is 6. The number of nitrogens with zero attached hydrogens (tertiary/aromatic N) is 3. The third-order valence-electron chi connectivity index (χ3n) is 5.92. The maximum atomic E-state index is 13.9. The minimum Gasteiger partial charge on any atom is -0.324 e. The van der Waals surface area contributed by atoms with E-state index in [2.05, 4.69) is 20.6 Å². The van der Waals surface area contributed by atoms with E-state index in [4.69, 9.17) is 0 Å². The van der Waals surface area contributed by atoms with E-state index in [9.17, 15) is 18.8 Å². The number of benzene rings is 1. The number of hydrogen-bond acceptors (Lipinski definition) is 6. The van der Waals surface area contributed by atoms with E-state index in [-0.39, 0.29) is 35.6 Å². The summed E-state index contributed by atoms with van der Waals surface area (Å²) in [5.74, 6) is -1.48. The van der Waals surface area contributed by atoms with Gasteiger partial charge in [0.2, 0.25) is 5.91 Å². The summed E-state index contributed by atoms with van der Waals surface area (Å²) >= 11 is 1.58. The van der Waals surface area contributed by atoms with Crippen molar-refractivity contribution in [3.8, 4) is 0 Å². The van der Waals surface area contributed by atoms with Gasteiger partial charge < -0.3 is 10.6 Å². The molecule has 2 amide bonds. The predicted molar refractivity (Wildman–Crippen MR) is 132 cm³/mol. The molecule has 0 unspecified atom stereocenters. The average molecular weight is 492 g/mol. The van der Waals surface area contributed by atoms with Crippen molar-refractivity contribution in [1.82, 2.24) is 14.5 Å². The monoisotopic (exact) mass is 491 g/mol. The van der Waals surface area contributed by atoms with Crippen molar-refractivity contribution in [3.05, 3.63) is 81.2 Å². The summed E-state index contributed by atoms with van der Waals surface area (Å²) in [7, 11) is 0. The van der Waals surface area contributed by atoms with E-state index in [1.165, 1.54) is 34.1 Å². The molecule has 0 fully saturated rings. The first-order valence-corrected chi connectivity index (χ1v) is 12.1. The number of carbonyl (C=O) groups is 2. The molecule has 1 aliphatic carbocycles. The van der Waals surface area contributed by atoms with Crippen LogP contribution in [0.2, 0.25) is 0 Å². The highest BCUT2D eigenvalue weighted by atomic mass is 32.1. The largest absolute Gasteiger partial charge is 0.324 e. The highest BCUT2D eigenvalue weighted by molar-refractivity contribution is 7.18. The quantitative estimate of drug-likeness (QED) is 0.422. The Balaban J connectivity index is 1.30. The Morgan fingerprint density at radius 2 is 1.91 bits per heavy atom. The second-order valence-corrected chi connectivity index (χ2v) is 9.37. The first kappa shape index (κ1) is 22.9. The maximum Gasteiger partial charge on any atom is 0.274 e. The summed E-state index contributed by atoms with van der Waals surface area (Å²) in [6, 6.07) is 8.59. The number of hydrogen-bond donors (Lipinski definition) is 2. The molecule has 1 aromatic carbocycles. The molecule has 4 aromatic rings. The SMILES string of the molecule is O=C(CCn1cnc2sc3c(c2c1=O)CCCC3)Nc1cc(F)ccc1NC(=O)c1ccccn1. The van der Waals surface area contributed by atoms with Crippen LogP contribution in [0.1, 0.15) is 40.2 Å². The van der Waals surface area contributed by atoms with Gasteiger partial charge in [-0.3, -0.25) is 23.9 Å². The fourth-order valence-corrected chi connectivity index (χ4v) is 5.41. The minimum absolute atomic E-state index is 0.0242. The maximum absolute atomic E-state index is 13.9. The molecule has 0 radical (unpaired) electrons. The van der Waals surface area contributed by atoms with Crippen LogP contribution in [0.5, 0.6) is 0 Å². The first-order chi connectivity index (χ1) is 17.0. The molecule has 10 heteroatoms. The third kappa shape index (κ3) is 4.83. The lowest BCUT2D eigenvalue weighted by atomic mass is 9.97. The number of nitrogens with one attached hydrogen (secondary N) is 2. The topological polar surface area (TPSA) is 106 Å².